The Morgan fingerprint density at radius 3 is 2.56 bits per heavy atom. The number of aliphatic hydroxyl groups excluding tert-OH is 1. The molecule has 1 aromatic rings. The van der Waals surface area contributed by atoms with Crippen molar-refractivity contribution in [3.63, 3.8) is 0 Å². The molecule has 1 fully saturated rings. The highest BCUT2D eigenvalue weighted by molar-refractivity contribution is 6.42. The van der Waals surface area contributed by atoms with Crippen LogP contribution in [0.3, 0.4) is 0 Å². The summed E-state index contributed by atoms with van der Waals surface area (Å²) in [5.74, 6) is -0.276. The van der Waals surface area contributed by atoms with Gasteiger partial charge in [0, 0.05) is 12.5 Å². The predicted octanol–water partition coefficient (Wildman–Crippen LogP) is 3.88. The fourth-order valence-electron chi connectivity index (χ4n) is 3.10. The summed E-state index contributed by atoms with van der Waals surface area (Å²) < 4.78 is 11.9. The number of halogens is 2. The van der Waals surface area contributed by atoms with Crippen molar-refractivity contribution in [1.29, 1.82) is 0 Å². The summed E-state index contributed by atoms with van der Waals surface area (Å²) in [5, 5.41) is 19.5. The first-order valence-corrected chi connectivity index (χ1v) is 9.66. The summed E-state index contributed by atoms with van der Waals surface area (Å²) in [6.45, 7) is 6.92. The van der Waals surface area contributed by atoms with Crippen LogP contribution in [0.15, 0.2) is 18.2 Å². The SMILES string of the molecule is CC(C)(C)C1CN(C(=O)O)CC(c2ccc(Cl)c(Cl)c2)C(COCCO)O1. The van der Waals surface area contributed by atoms with Crippen LogP contribution in [0, 0.1) is 5.41 Å². The van der Waals surface area contributed by atoms with Gasteiger partial charge in [0.05, 0.1) is 48.6 Å². The van der Waals surface area contributed by atoms with Crippen LogP contribution in [0.4, 0.5) is 4.79 Å². The van der Waals surface area contributed by atoms with Crippen molar-refractivity contribution in [2.45, 2.75) is 38.9 Å². The molecule has 8 heteroatoms. The highest BCUT2D eigenvalue weighted by Crippen LogP contribution is 2.35. The molecule has 0 aliphatic carbocycles. The molecule has 1 aliphatic heterocycles. The van der Waals surface area contributed by atoms with E-state index >= 15 is 0 Å². The molecule has 1 amide bonds. The first kappa shape index (κ1) is 22.2. The van der Waals surface area contributed by atoms with Crippen LogP contribution in [-0.2, 0) is 9.47 Å². The van der Waals surface area contributed by atoms with Gasteiger partial charge in [-0.1, -0.05) is 50.0 Å². The predicted molar refractivity (Wildman–Crippen MR) is 105 cm³/mol. The number of aliphatic hydroxyl groups is 1. The molecule has 3 atom stereocenters. The summed E-state index contributed by atoms with van der Waals surface area (Å²) in [4.78, 5) is 13.2. The zero-order valence-corrected chi connectivity index (χ0v) is 17.3. The number of nitrogens with zero attached hydrogens (tertiary/aromatic N) is 1. The lowest BCUT2D eigenvalue weighted by molar-refractivity contribution is -0.0965. The second-order valence-corrected chi connectivity index (χ2v) is 8.61. The zero-order chi connectivity index (χ0) is 20.2. The number of amides is 1. The van der Waals surface area contributed by atoms with Crippen LogP contribution >= 0.6 is 23.2 Å². The Hall–Kier alpha value is -1.05. The largest absolute Gasteiger partial charge is 0.465 e. The van der Waals surface area contributed by atoms with Gasteiger partial charge < -0.3 is 24.6 Å². The smallest absolute Gasteiger partial charge is 0.407 e. The van der Waals surface area contributed by atoms with Gasteiger partial charge in [-0.3, -0.25) is 0 Å². The van der Waals surface area contributed by atoms with E-state index in [1.54, 1.807) is 12.1 Å². The number of hydrogen-bond acceptors (Lipinski definition) is 4. The van der Waals surface area contributed by atoms with Crippen LogP contribution in [0.1, 0.15) is 32.3 Å². The van der Waals surface area contributed by atoms with Crippen LogP contribution < -0.4 is 0 Å². The Morgan fingerprint density at radius 1 is 1.30 bits per heavy atom. The highest BCUT2D eigenvalue weighted by atomic mass is 35.5. The second-order valence-electron chi connectivity index (χ2n) is 7.80. The van der Waals surface area contributed by atoms with E-state index in [1.165, 1.54) is 4.90 Å². The molecule has 3 unspecified atom stereocenters. The summed E-state index contributed by atoms with van der Waals surface area (Å²) in [6, 6.07) is 5.27. The second kappa shape index (κ2) is 9.43. The van der Waals surface area contributed by atoms with Gasteiger partial charge in [0.2, 0.25) is 0 Å². The maximum atomic E-state index is 11.8. The molecule has 2 N–H and O–H groups in total. The normalized spacial score (nSPS) is 23.9. The lowest BCUT2D eigenvalue weighted by Crippen LogP contribution is -2.42. The fourth-order valence-corrected chi connectivity index (χ4v) is 3.40. The summed E-state index contributed by atoms with van der Waals surface area (Å²) in [5.41, 5.74) is 0.581. The molecule has 1 heterocycles. The molecule has 1 aromatic carbocycles. The number of carbonyl (C=O) groups is 1. The molecule has 1 aliphatic rings. The number of ether oxygens (including phenoxy) is 2. The molecule has 6 nitrogen and oxygen atoms in total. The van der Waals surface area contributed by atoms with Crippen molar-refractivity contribution in [2.24, 2.45) is 5.41 Å². The average Bonchev–Trinajstić information content (AvgIpc) is 2.78. The van der Waals surface area contributed by atoms with Gasteiger partial charge in [-0.15, -0.1) is 0 Å². The van der Waals surface area contributed by atoms with Crippen LogP contribution in [-0.4, -0.2) is 66.3 Å². The lowest BCUT2D eigenvalue weighted by Gasteiger charge is -2.34. The van der Waals surface area contributed by atoms with Crippen molar-refractivity contribution in [3.05, 3.63) is 33.8 Å². The third-order valence-electron chi connectivity index (χ3n) is 4.72. The van der Waals surface area contributed by atoms with E-state index in [9.17, 15) is 9.90 Å². The van der Waals surface area contributed by atoms with E-state index < -0.39 is 6.09 Å². The number of carboxylic acid groups (broad SMARTS) is 1. The quantitative estimate of drug-likeness (QED) is 0.707. The van der Waals surface area contributed by atoms with Crippen molar-refractivity contribution in [3.8, 4) is 0 Å². The Kier molecular flexibility index (Phi) is 7.77. The van der Waals surface area contributed by atoms with Gasteiger partial charge in [0.15, 0.2) is 0 Å². The van der Waals surface area contributed by atoms with Crippen molar-refractivity contribution < 1.29 is 24.5 Å². The monoisotopic (exact) mass is 419 g/mol. The topological polar surface area (TPSA) is 79.2 Å². The Labute approximate surface area is 170 Å². The maximum Gasteiger partial charge on any atom is 0.407 e. The molecule has 0 bridgehead atoms. The summed E-state index contributed by atoms with van der Waals surface area (Å²) in [7, 11) is 0. The van der Waals surface area contributed by atoms with Gasteiger partial charge in [-0.2, -0.15) is 0 Å². The van der Waals surface area contributed by atoms with Crippen LogP contribution in [0.5, 0.6) is 0 Å². The van der Waals surface area contributed by atoms with E-state index in [4.69, 9.17) is 37.8 Å². The zero-order valence-electron chi connectivity index (χ0n) is 15.8. The van der Waals surface area contributed by atoms with Gasteiger partial charge in [0.25, 0.3) is 0 Å². The molecule has 152 valence electrons. The lowest BCUT2D eigenvalue weighted by atomic mass is 9.88. The third kappa shape index (κ3) is 5.96. The summed E-state index contributed by atoms with van der Waals surface area (Å²) in [6.07, 6.45) is -1.68. The fraction of sp³-hybridized carbons (Fsp3) is 0.632. The van der Waals surface area contributed by atoms with Gasteiger partial charge in [-0.05, 0) is 23.1 Å². The minimum Gasteiger partial charge on any atom is -0.465 e. The molecule has 0 aromatic heterocycles. The molecule has 0 spiro atoms. The van der Waals surface area contributed by atoms with Gasteiger partial charge in [0.1, 0.15) is 0 Å². The van der Waals surface area contributed by atoms with E-state index in [0.29, 0.717) is 10.0 Å². The Balaban J connectivity index is 2.39. The van der Waals surface area contributed by atoms with Gasteiger partial charge in [-0.25, -0.2) is 4.79 Å². The van der Waals surface area contributed by atoms with Crippen LogP contribution in [0.25, 0.3) is 0 Å². The molecular formula is C19H27Cl2NO5. The van der Waals surface area contributed by atoms with Crippen molar-refractivity contribution >= 4 is 29.3 Å². The summed E-state index contributed by atoms with van der Waals surface area (Å²) >= 11 is 12.2. The van der Waals surface area contributed by atoms with Crippen molar-refractivity contribution in [2.75, 3.05) is 32.9 Å². The first-order chi connectivity index (χ1) is 12.6. The molecular weight excluding hydrogens is 393 g/mol. The van der Waals surface area contributed by atoms with Crippen molar-refractivity contribution in [1.82, 2.24) is 4.90 Å². The molecule has 0 saturated carbocycles. The standard InChI is InChI=1S/C19H27Cl2NO5/c1-19(2,3)17-10-22(18(24)25)9-13(16(27-17)11-26-7-6-23)12-4-5-14(20)15(21)8-12/h4-5,8,13,16-17,23H,6-7,9-11H2,1-3H3,(H,24,25). The number of benzene rings is 1. The highest BCUT2D eigenvalue weighted by Gasteiger charge is 2.39. The molecule has 1 saturated heterocycles. The van der Waals surface area contributed by atoms with E-state index in [0.717, 1.165) is 5.56 Å². The molecule has 2 rings (SSSR count). The number of rotatable bonds is 5. The molecule has 27 heavy (non-hydrogen) atoms. The first-order valence-electron chi connectivity index (χ1n) is 8.90. The minimum absolute atomic E-state index is 0.0892. The van der Waals surface area contributed by atoms with Crippen LogP contribution in [0.2, 0.25) is 10.0 Å². The minimum atomic E-state index is -0.991. The average molecular weight is 420 g/mol. The Bertz CT molecular complexity index is 649. The van der Waals surface area contributed by atoms with E-state index in [1.807, 2.05) is 26.8 Å². The van der Waals surface area contributed by atoms with E-state index in [-0.39, 0.29) is 56.5 Å². The van der Waals surface area contributed by atoms with E-state index in [2.05, 4.69) is 0 Å². The number of hydrogen-bond donors (Lipinski definition) is 2. The maximum absolute atomic E-state index is 11.8. The third-order valence-corrected chi connectivity index (χ3v) is 5.46. The Morgan fingerprint density at radius 2 is 2.00 bits per heavy atom. The van der Waals surface area contributed by atoms with Gasteiger partial charge >= 0.3 is 6.09 Å². The molecule has 0 radical (unpaired) electrons.